The van der Waals surface area contributed by atoms with Crippen LogP contribution in [-0.2, 0) is 16.3 Å². The number of allylic oxidation sites excluding steroid dienone is 1. The zero-order valence-corrected chi connectivity index (χ0v) is 14.6. The van der Waals surface area contributed by atoms with Crippen LogP contribution >= 0.6 is 0 Å². The molecule has 0 aromatic heterocycles. The van der Waals surface area contributed by atoms with E-state index in [1.54, 1.807) is 0 Å². The number of aromatic carboxylic acids is 2. The molecule has 0 radical (unpaired) electrons. The van der Waals surface area contributed by atoms with Crippen molar-refractivity contribution in [2.45, 2.75) is 11.3 Å². The third kappa shape index (κ3) is 4.28. The molecule has 0 unspecified atom stereocenters. The average Bonchev–Trinajstić information content (AvgIpc) is 2.55. The number of sulfone groups is 1. The second-order valence-electron chi connectivity index (χ2n) is 5.45. The van der Waals surface area contributed by atoms with Gasteiger partial charge in [0.15, 0.2) is 9.84 Å². The van der Waals surface area contributed by atoms with Crippen LogP contribution < -0.4 is 4.74 Å². The van der Waals surface area contributed by atoms with Gasteiger partial charge in [0.2, 0.25) is 0 Å². The summed E-state index contributed by atoms with van der Waals surface area (Å²) in [5.74, 6) is -2.30. The standard InChI is InChI=1S/C18H16O7S/c1-3-4-14-15(18(21)22)9-11(17(19)20)10-16(14)25-12-5-7-13(8-6-12)26(2,23)24/h3,5-10H,1,4H2,2H3,(H,19,20)(H,21,22). The third-order valence-corrected chi connectivity index (χ3v) is 4.64. The van der Waals surface area contributed by atoms with Crippen LogP contribution in [0.4, 0.5) is 0 Å². The topological polar surface area (TPSA) is 118 Å². The monoisotopic (exact) mass is 376 g/mol. The maximum absolute atomic E-state index is 11.5. The first kappa shape index (κ1) is 19.2. The molecule has 2 aromatic carbocycles. The highest BCUT2D eigenvalue weighted by molar-refractivity contribution is 7.90. The molecule has 0 amide bonds. The lowest BCUT2D eigenvalue weighted by atomic mass is 10.00. The summed E-state index contributed by atoms with van der Waals surface area (Å²) in [5.41, 5.74) is -0.171. The maximum Gasteiger partial charge on any atom is 0.336 e. The van der Waals surface area contributed by atoms with Crippen molar-refractivity contribution >= 4 is 21.8 Å². The van der Waals surface area contributed by atoms with Gasteiger partial charge in [-0.1, -0.05) is 6.08 Å². The lowest BCUT2D eigenvalue weighted by Crippen LogP contribution is -2.08. The molecule has 0 fully saturated rings. The Bertz CT molecular complexity index is 973. The Morgan fingerprint density at radius 3 is 2.19 bits per heavy atom. The first-order chi connectivity index (χ1) is 12.1. The highest BCUT2D eigenvalue weighted by atomic mass is 32.2. The largest absolute Gasteiger partial charge is 0.478 e. The third-order valence-electron chi connectivity index (χ3n) is 3.51. The van der Waals surface area contributed by atoms with Crippen LogP contribution in [0, 0.1) is 0 Å². The van der Waals surface area contributed by atoms with Crippen molar-refractivity contribution in [3.63, 3.8) is 0 Å². The minimum atomic E-state index is -3.37. The van der Waals surface area contributed by atoms with Gasteiger partial charge in [-0.05, 0) is 42.8 Å². The number of hydrogen-bond donors (Lipinski definition) is 2. The van der Waals surface area contributed by atoms with Gasteiger partial charge in [0.1, 0.15) is 11.5 Å². The fraction of sp³-hybridized carbons (Fsp3) is 0.111. The zero-order valence-electron chi connectivity index (χ0n) is 13.8. The molecule has 136 valence electrons. The van der Waals surface area contributed by atoms with E-state index in [-0.39, 0.29) is 39.5 Å². The van der Waals surface area contributed by atoms with Crippen LogP contribution in [0.5, 0.6) is 11.5 Å². The highest BCUT2D eigenvalue weighted by Gasteiger charge is 2.19. The molecule has 2 aromatic rings. The van der Waals surface area contributed by atoms with Crippen molar-refractivity contribution in [2.75, 3.05) is 6.26 Å². The van der Waals surface area contributed by atoms with Crippen molar-refractivity contribution in [3.05, 3.63) is 65.7 Å². The quantitative estimate of drug-likeness (QED) is 0.713. The SMILES string of the molecule is C=CCc1c(Oc2ccc(S(C)(=O)=O)cc2)cc(C(=O)O)cc1C(=O)O. The smallest absolute Gasteiger partial charge is 0.336 e. The van der Waals surface area contributed by atoms with Crippen molar-refractivity contribution in [3.8, 4) is 11.5 Å². The van der Waals surface area contributed by atoms with Gasteiger partial charge in [-0.2, -0.15) is 0 Å². The first-order valence-corrected chi connectivity index (χ1v) is 9.25. The van der Waals surface area contributed by atoms with Gasteiger partial charge in [-0.3, -0.25) is 0 Å². The Morgan fingerprint density at radius 1 is 1.12 bits per heavy atom. The molecule has 8 heteroatoms. The van der Waals surface area contributed by atoms with Gasteiger partial charge in [0, 0.05) is 11.8 Å². The molecule has 2 rings (SSSR count). The van der Waals surface area contributed by atoms with E-state index in [1.165, 1.54) is 36.4 Å². The molecule has 0 aliphatic carbocycles. The van der Waals surface area contributed by atoms with E-state index >= 15 is 0 Å². The fourth-order valence-corrected chi connectivity index (χ4v) is 2.92. The number of rotatable bonds is 7. The summed E-state index contributed by atoms with van der Waals surface area (Å²) < 4.78 is 28.6. The lowest BCUT2D eigenvalue weighted by Gasteiger charge is -2.14. The van der Waals surface area contributed by atoms with E-state index in [4.69, 9.17) is 4.74 Å². The van der Waals surface area contributed by atoms with E-state index in [2.05, 4.69) is 6.58 Å². The fourth-order valence-electron chi connectivity index (χ4n) is 2.29. The minimum Gasteiger partial charge on any atom is -0.478 e. The van der Waals surface area contributed by atoms with Gasteiger partial charge >= 0.3 is 11.9 Å². The number of carboxylic acid groups (broad SMARTS) is 2. The molecule has 0 heterocycles. The van der Waals surface area contributed by atoms with Gasteiger partial charge in [0.25, 0.3) is 0 Å². The number of ether oxygens (including phenoxy) is 1. The molecule has 0 saturated heterocycles. The van der Waals surface area contributed by atoms with E-state index in [1.807, 2.05) is 0 Å². The van der Waals surface area contributed by atoms with Gasteiger partial charge in [-0.25, -0.2) is 18.0 Å². The summed E-state index contributed by atoms with van der Waals surface area (Å²) >= 11 is 0. The Balaban J connectivity index is 2.54. The average molecular weight is 376 g/mol. The van der Waals surface area contributed by atoms with Crippen LogP contribution in [0.3, 0.4) is 0 Å². The molecular formula is C18H16O7S. The summed E-state index contributed by atoms with van der Waals surface area (Å²) in [5, 5.41) is 18.6. The minimum absolute atomic E-state index is 0.0503. The van der Waals surface area contributed by atoms with Crippen LogP contribution in [-0.4, -0.2) is 36.8 Å². The second-order valence-corrected chi connectivity index (χ2v) is 7.46. The molecular weight excluding hydrogens is 360 g/mol. The maximum atomic E-state index is 11.5. The molecule has 26 heavy (non-hydrogen) atoms. The zero-order chi connectivity index (χ0) is 19.5. The normalized spacial score (nSPS) is 11.0. The number of carbonyl (C=O) groups is 2. The summed E-state index contributed by atoms with van der Waals surface area (Å²) in [6.45, 7) is 3.57. The predicted octanol–water partition coefficient (Wildman–Crippen LogP) is 3.01. The van der Waals surface area contributed by atoms with Crippen molar-refractivity contribution < 1.29 is 33.0 Å². The van der Waals surface area contributed by atoms with Crippen LogP contribution in [0.25, 0.3) is 0 Å². The van der Waals surface area contributed by atoms with Crippen LogP contribution in [0.2, 0.25) is 0 Å². The Hall–Kier alpha value is -3.13. The molecule has 0 saturated carbocycles. The number of carboxylic acids is 2. The van der Waals surface area contributed by atoms with Crippen molar-refractivity contribution in [1.82, 2.24) is 0 Å². The van der Waals surface area contributed by atoms with E-state index in [0.717, 1.165) is 12.3 Å². The molecule has 0 atom stereocenters. The highest BCUT2D eigenvalue weighted by Crippen LogP contribution is 2.31. The first-order valence-electron chi connectivity index (χ1n) is 7.36. The lowest BCUT2D eigenvalue weighted by molar-refractivity contribution is 0.0695. The van der Waals surface area contributed by atoms with E-state index in [9.17, 15) is 28.2 Å². The summed E-state index contributed by atoms with van der Waals surface area (Å²) in [6, 6.07) is 7.78. The molecule has 0 aliphatic heterocycles. The predicted molar refractivity (Wildman–Crippen MR) is 93.9 cm³/mol. The Morgan fingerprint density at radius 2 is 1.73 bits per heavy atom. The van der Waals surface area contributed by atoms with Crippen LogP contribution in [0.1, 0.15) is 26.3 Å². The number of benzene rings is 2. The van der Waals surface area contributed by atoms with Crippen molar-refractivity contribution in [2.24, 2.45) is 0 Å². The molecule has 7 nitrogen and oxygen atoms in total. The summed E-state index contributed by atoms with van der Waals surface area (Å²) in [6.07, 6.45) is 2.70. The Kier molecular flexibility index (Phi) is 5.47. The van der Waals surface area contributed by atoms with E-state index in [0.29, 0.717) is 0 Å². The van der Waals surface area contributed by atoms with Gasteiger partial charge in [-0.15, -0.1) is 6.58 Å². The second kappa shape index (κ2) is 7.40. The molecule has 0 aliphatic rings. The van der Waals surface area contributed by atoms with Gasteiger partial charge in [0.05, 0.1) is 16.0 Å². The molecule has 0 bridgehead atoms. The summed E-state index contributed by atoms with van der Waals surface area (Å²) in [4.78, 5) is 22.8. The van der Waals surface area contributed by atoms with Crippen molar-refractivity contribution in [1.29, 1.82) is 0 Å². The van der Waals surface area contributed by atoms with Crippen LogP contribution in [0.15, 0.2) is 53.9 Å². The Labute approximate surface area is 150 Å². The van der Waals surface area contributed by atoms with Gasteiger partial charge < -0.3 is 14.9 Å². The summed E-state index contributed by atoms with van der Waals surface area (Å²) in [7, 11) is -3.37. The molecule has 2 N–H and O–H groups in total. The van der Waals surface area contributed by atoms with E-state index < -0.39 is 21.8 Å². The number of hydrogen-bond acceptors (Lipinski definition) is 5. The molecule has 0 spiro atoms.